The molecule has 0 heterocycles. The molecule has 2 rings (SSSR count). The molecule has 2 aromatic rings. The second-order valence-corrected chi connectivity index (χ2v) is 5.66. The van der Waals surface area contributed by atoms with Crippen molar-refractivity contribution in [2.45, 2.75) is 25.3 Å². The molecule has 0 bridgehead atoms. The Kier molecular flexibility index (Phi) is 6.88. The van der Waals surface area contributed by atoms with Crippen LogP contribution in [0.25, 0.3) is 0 Å². The summed E-state index contributed by atoms with van der Waals surface area (Å²) in [6.45, 7) is 2.48. The van der Waals surface area contributed by atoms with Gasteiger partial charge in [0.15, 0.2) is 17.6 Å². The van der Waals surface area contributed by atoms with E-state index in [1.807, 2.05) is 6.92 Å². The molecular weight excluding hydrogens is 347 g/mol. The van der Waals surface area contributed by atoms with Crippen molar-refractivity contribution in [1.29, 1.82) is 0 Å². The van der Waals surface area contributed by atoms with E-state index in [0.29, 0.717) is 23.7 Å². The van der Waals surface area contributed by atoms with E-state index < -0.39 is 23.9 Å². The van der Waals surface area contributed by atoms with Gasteiger partial charge < -0.3 is 19.9 Å². The highest BCUT2D eigenvalue weighted by Crippen LogP contribution is 2.34. The number of benzene rings is 2. The van der Waals surface area contributed by atoms with Crippen LogP contribution in [-0.4, -0.2) is 31.4 Å². The molecule has 0 aliphatic heterocycles. The zero-order valence-corrected chi connectivity index (χ0v) is 14.6. The van der Waals surface area contributed by atoms with Gasteiger partial charge in [0.05, 0.1) is 12.2 Å². The molecule has 2 unspecified atom stereocenters. The van der Waals surface area contributed by atoms with Gasteiger partial charge in [0.25, 0.3) is 0 Å². The number of rotatable bonds is 8. The third kappa shape index (κ3) is 5.12. The van der Waals surface area contributed by atoms with E-state index in [1.165, 1.54) is 12.1 Å². The normalized spacial score (nSPS) is 13.9. The lowest BCUT2D eigenvalue weighted by Crippen LogP contribution is -2.32. The van der Waals surface area contributed by atoms with Crippen LogP contribution in [-0.2, 0) is 6.18 Å². The third-order valence-electron chi connectivity index (χ3n) is 3.73. The van der Waals surface area contributed by atoms with Gasteiger partial charge >= 0.3 is 6.18 Å². The number of hydrogen-bond acceptors (Lipinski definition) is 4. The number of para-hydroxylation sites is 2. The fraction of sp³-hybridized carbons (Fsp3) is 0.368. The minimum atomic E-state index is -4.42. The number of aliphatic hydroxyl groups is 1. The summed E-state index contributed by atoms with van der Waals surface area (Å²) in [5, 5.41) is 13.3. The van der Waals surface area contributed by atoms with Crippen LogP contribution in [0.5, 0.6) is 11.5 Å². The van der Waals surface area contributed by atoms with Crippen LogP contribution in [0.3, 0.4) is 0 Å². The molecule has 0 radical (unpaired) electrons. The van der Waals surface area contributed by atoms with Crippen LogP contribution >= 0.6 is 0 Å². The van der Waals surface area contributed by atoms with Gasteiger partial charge in [0.2, 0.25) is 0 Å². The lowest BCUT2D eigenvalue weighted by Gasteiger charge is -2.26. The number of aliphatic hydroxyl groups excluding tert-OH is 1. The lowest BCUT2D eigenvalue weighted by atomic mass is 10.0. The summed E-state index contributed by atoms with van der Waals surface area (Å²) in [6.07, 6.45) is -6.24. The summed E-state index contributed by atoms with van der Waals surface area (Å²) < 4.78 is 49.8. The molecule has 0 saturated heterocycles. The van der Waals surface area contributed by atoms with Gasteiger partial charge in [-0.2, -0.15) is 13.2 Å². The predicted octanol–water partition coefficient (Wildman–Crippen LogP) is 3.80. The molecule has 4 nitrogen and oxygen atoms in total. The number of halogens is 3. The second-order valence-electron chi connectivity index (χ2n) is 5.66. The van der Waals surface area contributed by atoms with Crippen molar-refractivity contribution in [2.24, 2.45) is 0 Å². The first-order chi connectivity index (χ1) is 12.4. The topological polar surface area (TPSA) is 50.7 Å². The first kappa shape index (κ1) is 20.1. The summed E-state index contributed by atoms with van der Waals surface area (Å²) in [6, 6.07) is 11.5. The van der Waals surface area contributed by atoms with Crippen LogP contribution in [0.15, 0.2) is 48.5 Å². The molecule has 26 heavy (non-hydrogen) atoms. The molecular formula is C19H22F3NO3. The number of hydrogen-bond donors (Lipinski definition) is 2. The summed E-state index contributed by atoms with van der Waals surface area (Å²) in [5.41, 5.74) is -0.315. The van der Waals surface area contributed by atoms with E-state index in [9.17, 15) is 18.3 Å². The van der Waals surface area contributed by atoms with Crippen molar-refractivity contribution in [3.8, 4) is 11.5 Å². The van der Waals surface area contributed by atoms with Crippen LogP contribution in [0.1, 0.15) is 24.2 Å². The van der Waals surface area contributed by atoms with Crippen molar-refractivity contribution in [3.63, 3.8) is 0 Å². The Hall–Kier alpha value is -2.25. The van der Waals surface area contributed by atoms with Gasteiger partial charge in [-0.05, 0) is 43.8 Å². The van der Waals surface area contributed by atoms with E-state index >= 15 is 0 Å². The molecule has 2 aromatic carbocycles. The largest absolute Gasteiger partial charge is 0.490 e. The van der Waals surface area contributed by atoms with Gasteiger partial charge in [-0.15, -0.1) is 0 Å². The van der Waals surface area contributed by atoms with Crippen molar-refractivity contribution in [1.82, 2.24) is 5.32 Å². The Morgan fingerprint density at radius 3 is 2.19 bits per heavy atom. The first-order valence-electron chi connectivity index (χ1n) is 8.25. The van der Waals surface area contributed by atoms with E-state index in [1.54, 1.807) is 31.3 Å². The monoisotopic (exact) mass is 369 g/mol. The molecule has 0 fully saturated rings. The van der Waals surface area contributed by atoms with E-state index in [2.05, 4.69) is 5.32 Å². The van der Waals surface area contributed by atoms with Gasteiger partial charge in [-0.25, -0.2) is 0 Å². The summed E-state index contributed by atoms with van der Waals surface area (Å²) in [4.78, 5) is 0. The van der Waals surface area contributed by atoms with Crippen LogP contribution in [0.2, 0.25) is 0 Å². The van der Waals surface area contributed by atoms with Crippen LogP contribution < -0.4 is 14.8 Å². The number of nitrogens with one attached hydrogen (secondary N) is 1. The molecule has 0 aliphatic rings. The second kappa shape index (κ2) is 8.91. The van der Waals surface area contributed by atoms with Gasteiger partial charge in [-0.1, -0.05) is 24.3 Å². The molecule has 0 amide bonds. The molecule has 142 valence electrons. The molecule has 0 aromatic heterocycles. The van der Waals surface area contributed by atoms with Crippen molar-refractivity contribution in [2.75, 3.05) is 20.2 Å². The van der Waals surface area contributed by atoms with Crippen LogP contribution in [0, 0.1) is 0 Å². The maximum atomic E-state index is 12.8. The summed E-state index contributed by atoms with van der Waals surface area (Å²) >= 11 is 0. The molecule has 0 spiro atoms. The SMILES string of the molecule is CCOc1ccccc1OC(c1ccc(C(F)(F)F)cc1)C(O)CNC. The fourth-order valence-electron chi connectivity index (χ4n) is 2.51. The Morgan fingerprint density at radius 2 is 1.65 bits per heavy atom. The summed E-state index contributed by atoms with van der Waals surface area (Å²) in [7, 11) is 1.67. The van der Waals surface area contributed by atoms with E-state index in [-0.39, 0.29) is 6.54 Å². The Balaban J connectivity index is 2.32. The molecule has 2 atom stereocenters. The smallest absolute Gasteiger partial charge is 0.416 e. The summed E-state index contributed by atoms with van der Waals surface area (Å²) in [5.74, 6) is 0.915. The third-order valence-corrected chi connectivity index (χ3v) is 3.73. The highest BCUT2D eigenvalue weighted by Gasteiger charge is 2.31. The Bertz CT molecular complexity index is 689. The van der Waals surface area contributed by atoms with Crippen molar-refractivity contribution >= 4 is 0 Å². The average Bonchev–Trinajstić information content (AvgIpc) is 2.61. The zero-order valence-electron chi connectivity index (χ0n) is 14.6. The number of alkyl halides is 3. The number of ether oxygens (including phenoxy) is 2. The van der Waals surface area contributed by atoms with Gasteiger partial charge in [-0.3, -0.25) is 0 Å². The minimum absolute atomic E-state index is 0.211. The maximum absolute atomic E-state index is 12.8. The van der Waals surface area contributed by atoms with E-state index in [4.69, 9.17) is 9.47 Å². The molecule has 0 aliphatic carbocycles. The van der Waals surface area contributed by atoms with Gasteiger partial charge in [0.1, 0.15) is 6.10 Å². The Morgan fingerprint density at radius 1 is 1.04 bits per heavy atom. The fourth-order valence-corrected chi connectivity index (χ4v) is 2.51. The molecule has 0 saturated carbocycles. The standard InChI is InChI=1S/C19H22F3NO3/c1-3-25-16-6-4-5-7-17(16)26-18(15(24)12-23-2)13-8-10-14(11-9-13)19(20,21)22/h4-11,15,18,23-24H,3,12H2,1-2H3. The number of likely N-dealkylation sites (N-methyl/N-ethyl adjacent to an activating group) is 1. The highest BCUT2D eigenvalue weighted by molar-refractivity contribution is 5.40. The Labute approximate surface area is 150 Å². The average molecular weight is 369 g/mol. The lowest BCUT2D eigenvalue weighted by molar-refractivity contribution is -0.137. The first-order valence-corrected chi connectivity index (χ1v) is 8.25. The maximum Gasteiger partial charge on any atom is 0.416 e. The van der Waals surface area contributed by atoms with Gasteiger partial charge in [0, 0.05) is 6.54 Å². The zero-order chi connectivity index (χ0) is 19.2. The highest BCUT2D eigenvalue weighted by atomic mass is 19.4. The van der Waals surface area contributed by atoms with Crippen molar-refractivity contribution in [3.05, 3.63) is 59.7 Å². The van der Waals surface area contributed by atoms with E-state index in [0.717, 1.165) is 12.1 Å². The van der Waals surface area contributed by atoms with Crippen LogP contribution in [0.4, 0.5) is 13.2 Å². The quantitative estimate of drug-likeness (QED) is 0.743. The molecule has 7 heteroatoms. The minimum Gasteiger partial charge on any atom is -0.490 e. The predicted molar refractivity (Wildman–Crippen MR) is 92.4 cm³/mol. The van der Waals surface area contributed by atoms with Crippen molar-refractivity contribution < 1.29 is 27.8 Å². The molecule has 2 N–H and O–H groups in total.